The van der Waals surface area contributed by atoms with Crippen LogP contribution in [0.5, 0.6) is 23.0 Å². The van der Waals surface area contributed by atoms with E-state index in [1.807, 2.05) is 38.0 Å². The fourth-order valence-corrected chi connectivity index (χ4v) is 3.17. The summed E-state index contributed by atoms with van der Waals surface area (Å²) in [6.07, 6.45) is -0.918. The second kappa shape index (κ2) is 17.5. The van der Waals surface area contributed by atoms with Gasteiger partial charge < -0.3 is 38.6 Å². The maximum atomic E-state index is 11.9. The summed E-state index contributed by atoms with van der Waals surface area (Å²) in [7, 11) is 7.51. The summed E-state index contributed by atoms with van der Waals surface area (Å²) >= 11 is 5.92. The van der Waals surface area contributed by atoms with Crippen molar-refractivity contribution >= 4 is 23.5 Å². The number of carbonyl (C=O) groups is 2. The topological polar surface area (TPSA) is 107 Å². The predicted octanol–water partition coefficient (Wildman–Crippen LogP) is 3.19. The third-order valence-corrected chi connectivity index (χ3v) is 5.54. The number of rotatable bonds is 18. The molecule has 1 N–H and O–H groups in total. The smallest absolute Gasteiger partial charge is 0.307 e. The number of hydrogen-bond donors (Lipinski definition) is 1. The van der Waals surface area contributed by atoms with Crippen LogP contribution >= 0.6 is 11.6 Å². The van der Waals surface area contributed by atoms with Crippen molar-refractivity contribution in [1.82, 2.24) is 9.80 Å². The quantitative estimate of drug-likeness (QED) is 0.213. The summed E-state index contributed by atoms with van der Waals surface area (Å²) in [5, 5.41) is 9.99. The van der Waals surface area contributed by atoms with Crippen LogP contribution < -0.4 is 14.2 Å². The van der Waals surface area contributed by atoms with Crippen LogP contribution in [0.15, 0.2) is 48.5 Å². The minimum atomic E-state index is -0.931. The van der Waals surface area contributed by atoms with Gasteiger partial charge in [-0.1, -0.05) is 0 Å². The van der Waals surface area contributed by atoms with Crippen LogP contribution in [0.4, 0.5) is 0 Å². The molecule has 0 aliphatic heterocycles. The van der Waals surface area contributed by atoms with Crippen molar-refractivity contribution in [1.29, 1.82) is 0 Å². The van der Waals surface area contributed by atoms with Gasteiger partial charge >= 0.3 is 11.9 Å². The summed E-state index contributed by atoms with van der Waals surface area (Å²) in [4.78, 5) is 27.3. The maximum absolute atomic E-state index is 11.9. The van der Waals surface area contributed by atoms with Crippen molar-refractivity contribution in [2.45, 2.75) is 25.0 Å². The third-order valence-electron chi connectivity index (χ3n) is 5.19. The number of aliphatic hydroxyl groups excluding tert-OH is 1. The normalized spacial score (nSPS) is 12.6. The Morgan fingerprint density at radius 1 is 0.744 bits per heavy atom. The molecule has 2 atom stereocenters. The summed E-state index contributed by atoms with van der Waals surface area (Å²) in [5.41, 5.74) is 0. The van der Waals surface area contributed by atoms with E-state index in [1.54, 1.807) is 48.5 Å². The fourth-order valence-electron chi connectivity index (χ4n) is 3.02. The SMILES string of the molecule is CN(C)CCC(=O)OCC(O)COc1ccc(Oc2ccc(OCC(CCl)OC(=O)CCN(C)C)cc2)cc1. The van der Waals surface area contributed by atoms with E-state index in [0.717, 1.165) is 0 Å². The molecule has 0 saturated heterocycles. The van der Waals surface area contributed by atoms with E-state index in [4.69, 9.17) is 35.3 Å². The molecule has 0 amide bonds. The zero-order valence-electron chi connectivity index (χ0n) is 23.0. The standard InChI is InChI=1S/C28H39ClN2O8/c1-30(2)15-13-27(33)37-19-21(32)18-35-22-5-9-24(10-6-22)38-25-11-7-23(8-12-25)36-20-26(17-29)39-28(34)14-16-31(3)4/h5-12,21,26,32H,13-20H2,1-4H3. The molecule has 0 spiro atoms. The first-order valence-corrected chi connectivity index (χ1v) is 13.2. The molecular weight excluding hydrogens is 528 g/mol. The minimum Gasteiger partial charge on any atom is -0.491 e. The number of halogens is 1. The average molecular weight is 567 g/mol. The molecule has 2 unspecified atom stereocenters. The molecule has 216 valence electrons. The van der Waals surface area contributed by atoms with E-state index in [9.17, 15) is 14.7 Å². The van der Waals surface area contributed by atoms with Gasteiger partial charge in [-0.05, 0) is 76.7 Å². The Morgan fingerprint density at radius 3 is 1.69 bits per heavy atom. The van der Waals surface area contributed by atoms with Crippen LogP contribution in [0.1, 0.15) is 12.8 Å². The van der Waals surface area contributed by atoms with Gasteiger partial charge in [0.1, 0.15) is 55.0 Å². The molecule has 0 saturated carbocycles. The Bertz CT molecular complexity index is 986. The van der Waals surface area contributed by atoms with Gasteiger partial charge in [0, 0.05) is 13.1 Å². The van der Waals surface area contributed by atoms with Crippen molar-refractivity contribution in [2.24, 2.45) is 0 Å². The van der Waals surface area contributed by atoms with Gasteiger partial charge in [-0.3, -0.25) is 9.59 Å². The first-order chi connectivity index (χ1) is 18.6. The Hall–Kier alpha value is -3.05. The number of hydrogen-bond acceptors (Lipinski definition) is 10. The summed E-state index contributed by atoms with van der Waals surface area (Å²) in [5.74, 6) is 1.79. The van der Waals surface area contributed by atoms with Gasteiger partial charge in [0.25, 0.3) is 0 Å². The van der Waals surface area contributed by atoms with E-state index in [-0.39, 0.29) is 50.5 Å². The molecule has 11 heteroatoms. The number of aliphatic hydroxyl groups is 1. The Morgan fingerprint density at radius 2 is 1.21 bits per heavy atom. The second-order valence-electron chi connectivity index (χ2n) is 9.38. The van der Waals surface area contributed by atoms with Gasteiger partial charge in [-0.2, -0.15) is 0 Å². The van der Waals surface area contributed by atoms with Crippen LogP contribution in [-0.2, 0) is 19.1 Å². The van der Waals surface area contributed by atoms with E-state index in [0.29, 0.717) is 36.1 Å². The number of ether oxygens (including phenoxy) is 5. The van der Waals surface area contributed by atoms with Gasteiger partial charge in [-0.25, -0.2) is 0 Å². The summed E-state index contributed by atoms with van der Waals surface area (Å²) < 4.78 is 27.5. The van der Waals surface area contributed by atoms with Crippen LogP contribution in [0.2, 0.25) is 0 Å². The molecule has 0 aliphatic carbocycles. The average Bonchev–Trinajstić information content (AvgIpc) is 2.92. The summed E-state index contributed by atoms with van der Waals surface area (Å²) in [6, 6.07) is 13.9. The van der Waals surface area contributed by atoms with E-state index >= 15 is 0 Å². The zero-order valence-corrected chi connectivity index (χ0v) is 23.8. The Labute approximate surface area is 235 Å². The molecule has 10 nitrogen and oxygen atoms in total. The van der Waals surface area contributed by atoms with Crippen molar-refractivity contribution in [3.8, 4) is 23.0 Å². The van der Waals surface area contributed by atoms with E-state index < -0.39 is 12.2 Å². The molecule has 2 rings (SSSR count). The third kappa shape index (κ3) is 14.1. The molecule has 0 heterocycles. The van der Waals surface area contributed by atoms with Crippen LogP contribution in [0.25, 0.3) is 0 Å². The highest BCUT2D eigenvalue weighted by Crippen LogP contribution is 2.26. The van der Waals surface area contributed by atoms with Gasteiger partial charge in [0.2, 0.25) is 0 Å². The molecule has 0 aliphatic rings. The number of carbonyl (C=O) groups excluding carboxylic acids is 2. The van der Waals surface area contributed by atoms with Crippen molar-refractivity contribution in [2.75, 3.05) is 67.0 Å². The van der Waals surface area contributed by atoms with Crippen LogP contribution in [0, 0.1) is 0 Å². The Balaban J connectivity index is 1.72. The van der Waals surface area contributed by atoms with Crippen LogP contribution in [-0.4, -0.2) is 106 Å². The molecular formula is C28H39ClN2O8. The van der Waals surface area contributed by atoms with Crippen molar-refractivity contribution in [3.05, 3.63) is 48.5 Å². The first kappa shape index (κ1) is 32.2. The van der Waals surface area contributed by atoms with Crippen molar-refractivity contribution < 1.29 is 38.4 Å². The zero-order chi connectivity index (χ0) is 28.6. The number of alkyl halides is 1. The predicted molar refractivity (Wildman–Crippen MR) is 148 cm³/mol. The first-order valence-electron chi connectivity index (χ1n) is 12.7. The maximum Gasteiger partial charge on any atom is 0.307 e. The molecule has 2 aromatic rings. The lowest BCUT2D eigenvalue weighted by Gasteiger charge is -2.17. The molecule has 39 heavy (non-hydrogen) atoms. The highest BCUT2D eigenvalue weighted by molar-refractivity contribution is 6.18. The number of esters is 2. The monoisotopic (exact) mass is 566 g/mol. The van der Waals surface area contributed by atoms with Gasteiger partial charge in [0.15, 0.2) is 0 Å². The highest BCUT2D eigenvalue weighted by atomic mass is 35.5. The molecule has 0 bridgehead atoms. The van der Waals surface area contributed by atoms with Crippen molar-refractivity contribution in [3.63, 3.8) is 0 Å². The van der Waals surface area contributed by atoms with E-state index in [2.05, 4.69) is 0 Å². The molecule has 0 aromatic heterocycles. The van der Waals surface area contributed by atoms with E-state index in [1.165, 1.54) is 0 Å². The molecule has 0 fully saturated rings. The number of nitrogens with zero attached hydrogens (tertiary/aromatic N) is 2. The Kier molecular flexibility index (Phi) is 14.4. The number of benzene rings is 2. The molecule has 0 radical (unpaired) electrons. The van der Waals surface area contributed by atoms with Crippen LogP contribution in [0.3, 0.4) is 0 Å². The second-order valence-corrected chi connectivity index (χ2v) is 9.69. The van der Waals surface area contributed by atoms with Gasteiger partial charge in [0.05, 0.1) is 18.7 Å². The largest absolute Gasteiger partial charge is 0.491 e. The lowest BCUT2D eigenvalue weighted by Crippen LogP contribution is -2.28. The minimum absolute atomic E-state index is 0.0114. The van der Waals surface area contributed by atoms with Gasteiger partial charge in [-0.15, -0.1) is 11.6 Å². The lowest BCUT2D eigenvalue weighted by molar-refractivity contribution is -0.149. The lowest BCUT2D eigenvalue weighted by atomic mass is 10.3. The molecule has 2 aromatic carbocycles. The summed E-state index contributed by atoms with van der Waals surface area (Å²) in [6.45, 7) is 1.20. The fraction of sp³-hybridized carbons (Fsp3) is 0.500. The highest BCUT2D eigenvalue weighted by Gasteiger charge is 2.15.